The van der Waals surface area contributed by atoms with Crippen molar-refractivity contribution in [1.29, 1.82) is 0 Å². The highest BCUT2D eigenvalue weighted by atomic mass is 35.5. The number of anilines is 1. The minimum atomic E-state index is -1.45. The third kappa shape index (κ3) is 24.8. The third-order valence-electron chi connectivity index (χ3n) is 9.80. The summed E-state index contributed by atoms with van der Waals surface area (Å²) in [4.78, 5) is 65.4. The smallest absolute Gasteiger partial charge is 0.347 e. The minimum absolute atomic E-state index is 0. The molecule has 0 saturated carbocycles. The van der Waals surface area contributed by atoms with Gasteiger partial charge in [0.15, 0.2) is 24.4 Å². The van der Waals surface area contributed by atoms with E-state index in [9.17, 15) is 24.0 Å². The van der Waals surface area contributed by atoms with Crippen molar-refractivity contribution in [2.45, 2.75) is 194 Å². The SMILES string of the molecule is CCCCCCCCCCCCCCCCCC(=O)O[C@@H](C)C(=O)O[C@@H](C)C(=O)O[C@@H](C)C(=O)O[C@@H](C)C(=O)O[C@@H](CNC(C)(C)C)COc1nsnc1N1CCOCC1.Cl. The van der Waals surface area contributed by atoms with Gasteiger partial charge in [-0.25, -0.2) is 19.2 Å². The maximum absolute atomic E-state index is 13.1. The van der Waals surface area contributed by atoms with E-state index in [0.717, 1.165) is 31.0 Å². The summed E-state index contributed by atoms with van der Waals surface area (Å²) >= 11 is 1.01. The Morgan fingerprint density at radius 1 is 0.656 bits per heavy atom. The maximum Gasteiger partial charge on any atom is 0.347 e. The van der Waals surface area contributed by atoms with Crippen LogP contribution in [0.2, 0.25) is 0 Å². The van der Waals surface area contributed by atoms with Crippen molar-refractivity contribution in [1.82, 2.24) is 14.1 Å². The van der Waals surface area contributed by atoms with Gasteiger partial charge in [0, 0.05) is 31.6 Å². The van der Waals surface area contributed by atoms with Gasteiger partial charge in [-0.05, 0) is 54.9 Å². The van der Waals surface area contributed by atoms with Crippen LogP contribution in [0.3, 0.4) is 0 Å². The first-order valence-corrected chi connectivity index (χ1v) is 22.9. The van der Waals surface area contributed by atoms with Crippen LogP contribution in [-0.4, -0.2) is 114 Å². The number of carbonyl (C=O) groups is 5. The van der Waals surface area contributed by atoms with Crippen molar-refractivity contribution in [3.8, 4) is 5.88 Å². The van der Waals surface area contributed by atoms with E-state index >= 15 is 0 Å². The number of nitrogens with zero attached hydrogens (tertiary/aromatic N) is 3. The molecule has 1 aliphatic rings. The van der Waals surface area contributed by atoms with Crippen LogP contribution in [0.25, 0.3) is 0 Å². The van der Waals surface area contributed by atoms with Crippen LogP contribution in [0.15, 0.2) is 0 Å². The minimum Gasteiger partial charge on any atom is -0.470 e. The van der Waals surface area contributed by atoms with E-state index in [-0.39, 0.29) is 37.5 Å². The quantitative estimate of drug-likeness (QED) is 0.0438. The van der Waals surface area contributed by atoms with Crippen molar-refractivity contribution in [3.63, 3.8) is 0 Å². The Hall–Kier alpha value is -3.28. The summed E-state index contributed by atoms with van der Waals surface area (Å²) in [5.41, 5.74) is -0.303. The van der Waals surface area contributed by atoms with E-state index in [2.05, 4.69) is 21.0 Å². The molecule has 2 heterocycles. The van der Waals surface area contributed by atoms with Crippen LogP contribution in [0.4, 0.5) is 5.82 Å². The molecule has 0 radical (unpaired) electrons. The van der Waals surface area contributed by atoms with Crippen molar-refractivity contribution < 1.29 is 57.1 Å². The van der Waals surface area contributed by atoms with Crippen LogP contribution in [-0.2, 0) is 52.4 Å². The van der Waals surface area contributed by atoms with E-state index in [0.29, 0.717) is 44.4 Å². The normalized spacial score (nSPS) is 15.3. The largest absolute Gasteiger partial charge is 0.470 e. The van der Waals surface area contributed by atoms with Gasteiger partial charge in [0.1, 0.15) is 12.7 Å². The van der Waals surface area contributed by atoms with E-state index in [1.54, 1.807) is 0 Å². The lowest BCUT2D eigenvalue weighted by Crippen LogP contribution is -2.45. The molecule has 1 aromatic rings. The van der Waals surface area contributed by atoms with Crippen molar-refractivity contribution in [2.75, 3.05) is 44.4 Å². The Balaban J connectivity index is 0.0000186. The molecule has 5 atom stereocenters. The molecule has 0 spiro atoms. The first kappa shape index (κ1) is 55.7. The zero-order chi connectivity index (χ0) is 44.3. The van der Waals surface area contributed by atoms with Crippen molar-refractivity contribution in [3.05, 3.63) is 0 Å². The van der Waals surface area contributed by atoms with Crippen LogP contribution in [0.1, 0.15) is 158 Å². The monoisotopic (exact) mass is 906 g/mol. The zero-order valence-corrected chi connectivity index (χ0v) is 39.6. The second-order valence-electron chi connectivity index (χ2n) is 16.6. The number of esters is 5. The number of aromatic nitrogens is 2. The van der Waals surface area contributed by atoms with Gasteiger partial charge in [-0.15, -0.1) is 16.8 Å². The standard InChI is InChI=1S/C43H74N4O12S.ClH/c1-9-10-11-12-13-14-15-16-17-18-19-20-21-22-23-24-36(48)55-31(2)39(49)56-32(3)40(50)57-33(4)41(51)58-34(5)42(52)59-35(29-44-43(6,7)8)30-54-38-37(45-60-46-38)47-25-27-53-28-26-47;/h31-35,44H,9-30H2,1-8H3;1H/t31-,32-,33-,34-,35-;/m0./s1. The van der Waals surface area contributed by atoms with E-state index in [4.69, 9.17) is 33.2 Å². The van der Waals surface area contributed by atoms with Crippen molar-refractivity contribution in [2.24, 2.45) is 0 Å². The molecule has 0 aromatic carbocycles. The van der Waals surface area contributed by atoms with Crippen LogP contribution < -0.4 is 15.0 Å². The molecule has 1 fully saturated rings. The van der Waals surface area contributed by atoms with Crippen LogP contribution in [0.5, 0.6) is 5.88 Å². The molecule has 1 saturated heterocycles. The fraction of sp³-hybridized carbons (Fsp3) is 0.837. The molecule has 18 heteroatoms. The summed E-state index contributed by atoms with van der Waals surface area (Å²) in [6.07, 6.45) is 12.2. The second-order valence-corrected chi connectivity index (χ2v) is 17.1. The number of rotatable bonds is 31. The molecule has 1 N–H and O–H groups in total. The van der Waals surface area contributed by atoms with Gasteiger partial charge < -0.3 is 43.4 Å². The Labute approximate surface area is 374 Å². The fourth-order valence-electron chi connectivity index (χ4n) is 6.12. The number of hydrogen-bond donors (Lipinski definition) is 1. The Bertz CT molecular complexity index is 1410. The second kappa shape index (κ2) is 31.5. The van der Waals surface area contributed by atoms with Crippen LogP contribution >= 0.6 is 24.1 Å². The lowest BCUT2D eigenvalue weighted by molar-refractivity contribution is -0.185. The number of halogens is 1. The Kier molecular flexibility index (Phi) is 28.8. The molecule has 16 nitrogen and oxygen atoms in total. The first-order chi connectivity index (χ1) is 28.6. The predicted molar refractivity (Wildman–Crippen MR) is 235 cm³/mol. The molecule has 1 aliphatic heterocycles. The summed E-state index contributed by atoms with van der Waals surface area (Å²) in [7, 11) is 0. The lowest BCUT2D eigenvalue weighted by atomic mass is 10.0. The van der Waals surface area contributed by atoms with Crippen molar-refractivity contribution >= 4 is 59.8 Å². The van der Waals surface area contributed by atoms with Gasteiger partial charge >= 0.3 is 29.8 Å². The van der Waals surface area contributed by atoms with Gasteiger partial charge in [-0.3, -0.25) is 4.79 Å². The van der Waals surface area contributed by atoms with Crippen LogP contribution in [0, 0.1) is 0 Å². The number of hydrogen-bond acceptors (Lipinski definition) is 17. The Morgan fingerprint density at radius 3 is 1.54 bits per heavy atom. The zero-order valence-electron chi connectivity index (χ0n) is 38.0. The predicted octanol–water partition coefficient (Wildman–Crippen LogP) is 7.46. The third-order valence-corrected chi connectivity index (χ3v) is 10.3. The van der Waals surface area contributed by atoms with Gasteiger partial charge in [0.2, 0.25) is 5.82 Å². The molecule has 0 bridgehead atoms. The molecule has 61 heavy (non-hydrogen) atoms. The number of ether oxygens (including phenoxy) is 7. The Morgan fingerprint density at radius 2 is 1.08 bits per heavy atom. The summed E-state index contributed by atoms with van der Waals surface area (Å²) in [5.74, 6) is -3.44. The topological polar surface area (TPSA) is 191 Å². The molecule has 2 rings (SSSR count). The molecule has 0 unspecified atom stereocenters. The number of unbranched alkanes of at least 4 members (excludes halogenated alkanes) is 14. The molecular formula is C43H75ClN4O12S. The first-order valence-electron chi connectivity index (χ1n) is 22.2. The molecule has 0 aliphatic carbocycles. The summed E-state index contributed by atoms with van der Waals surface area (Å²) in [6, 6.07) is 0. The molecule has 0 amide bonds. The van der Waals surface area contributed by atoms with Gasteiger partial charge in [-0.1, -0.05) is 96.8 Å². The highest BCUT2D eigenvalue weighted by Crippen LogP contribution is 2.26. The highest BCUT2D eigenvalue weighted by molar-refractivity contribution is 6.99. The van der Waals surface area contributed by atoms with Gasteiger partial charge in [0.05, 0.1) is 24.9 Å². The lowest BCUT2D eigenvalue weighted by Gasteiger charge is -2.28. The fourth-order valence-corrected chi connectivity index (χ4v) is 6.64. The molecule has 1 aromatic heterocycles. The number of carbonyl (C=O) groups excluding carboxylic acids is 5. The molecule has 352 valence electrons. The van der Waals surface area contributed by atoms with Gasteiger partial charge in [0.25, 0.3) is 5.88 Å². The van der Waals surface area contributed by atoms with E-state index in [1.165, 1.54) is 98.3 Å². The van der Waals surface area contributed by atoms with E-state index in [1.807, 2.05) is 25.7 Å². The number of nitrogens with one attached hydrogen (secondary N) is 1. The highest BCUT2D eigenvalue weighted by Gasteiger charge is 2.32. The average Bonchev–Trinajstić information content (AvgIpc) is 3.68. The average molecular weight is 908 g/mol. The maximum atomic E-state index is 13.1. The number of morpholine rings is 1. The van der Waals surface area contributed by atoms with Gasteiger partial charge in [-0.2, -0.15) is 4.37 Å². The van der Waals surface area contributed by atoms with E-state index < -0.39 is 60.4 Å². The molecular weight excluding hydrogens is 832 g/mol. The summed E-state index contributed by atoms with van der Waals surface area (Å²) < 4.78 is 46.4. The summed E-state index contributed by atoms with van der Waals surface area (Å²) in [5, 5.41) is 3.28. The summed E-state index contributed by atoms with van der Waals surface area (Å²) in [6.45, 7) is 15.9.